The highest BCUT2D eigenvalue weighted by atomic mass is 16.5. The van der Waals surface area contributed by atoms with Crippen molar-refractivity contribution in [2.75, 3.05) is 19.8 Å². The molecule has 2 unspecified atom stereocenters. The predicted octanol–water partition coefficient (Wildman–Crippen LogP) is 1.93. The molecule has 0 radical (unpaired) electrons. The second-order valence-electron chi connectivity index (χ2n) is 6.72. The molecule has 1 heterocycles. The maximum absolute atomic E-state index is 10.6. The van der Waals surface area contributed by atoms with Gasteiger partial charge in [0.25, 0.3) is 0 Å². The summed E-state index contributed by atoms with van der Waals surface area (Å²) in [6.45, 7) is 6.71. The van der Waals surface area contributed by atoms with E-state index in [2.05, 4.69) is 13.8 Å². The second-order valence-corrected chi connectivity index (χ2v) is 6.72. The van der Waals surface area contributed by atoms with Crippen LogP contribution in [-0.2, 0) is 4.74 Å². The molecule has 2 fully saturated rings. The molecule has 17 heavy (non-hydrogen) atoms. The third-order valence-corrected chi connectivity index (χ3v) is 5.03. The van der Waals surface area contributed by atoms with Gasteiger partial charge in [0.1, 0.15) is 0 Å². The second kappa shape index (κ2) is 4.87. The average molecular weight is 241 g/mol. The fourth-order valence-electron chi connectivity index (χ4n) is 3.71. The van der Waals surface area contributed by atoms with Crippen LogP contribution in [0, 0.1) is 16.7 Å². The molecule has 0 aromatic carbocycles. The van der Waals surface area contributed by atoms with Gasteiger partial charge in [-0.25, -0.2) is 0 Å². The zero-order chi connectivity index (χ0) is 12.5. The van der Waals surface area contributed by atoms with Crippen LogP contribution in [0.4, 0.5) is 0 Å². The number of rotatable bonds is 3. The lowest BCUT2D eigenvalue weighted by atomic mass is 9.71. The molecular weight excluding hydrogens is 214 g/mol. The monoisotopic (exact) mass is 241 g/mol. The fourth-order valence-corrected chi connectivity index (χ4v) is 3.71. The predicted molar refractivity (Wildman–Crippen MR) is 68.7 cm³/mol. The van der Waals surface area contributed by atoms with E-state index in [0.717, 1.165) is 45.3 Å². The van der Waals surface area contributed by atoms with E-state index in [1.54, 1.807) is 0 Å². The summed E-state index contributed by atoms with van der Waals surface area (Å²) < 4.78 is 5.40. The van der Waals surface area contributed by atoms with Gasteiger partial charge in [-0.05, 0) is 43.4 Å². The van der Waals surface area contributed by atoms with E-state index in [4.69, 9.17) is 10.5 Å². The van der Waals surface area contributed by atoms with E-state index in [1.807, 2.05) is 0 Å². The van der Waals surface area contributed by atoms with Gasteiger partial charge in [-0.15, -0.1) is 0 Å². The van der Waals surface area contributed by atoms with Crippen molar-refractivity contribution in [3.63, 3.8) is 0 Å². The SMILES string of the molecule is CC1(C)CCC(CN)(CC2CCOCC2)C1O. The highest BCUT2D eigenvalue weighted by Crippen LogP contribution is 2.52. The van der Waals surface area contributed by atoms with Crippen molar-refractivity contribution in [2.45, 2.75) is 52.1 Å². The van der Waals surface area contributed by atoms with Crippen molar-refractivity contribution >= 4 is 0 Å². The summed E-state index contributed by atoms with van der Waals surface area (Å²) in [5.74, 6) is 0.691. The summed E-state index contributed by atoms with van der Waals surface area (Å²) in [5.41, 5.74) is 6.00. The van der Waals surface area contributed by atoms with E-state index < -0.39 is 0 Å². The molecule has 1 saturated carbocycles. The highest BCUT2D eigenvalue weighted by Gasteiger charge is 2.51. The van der Waals surface area contributed by atoms with Crippen molar-refractivity contribution in [1.29, 1.82) is 0 Å². The Hall–Kier alpha value is -0.120. The van der Waals surface area contributed by atoms with Crippen molar-refractivity contribution < 1.29 is 9.84 Å². The minimum absolute atomic E-state index is 0.0323. The zero-order valence-electron chi connectivity index (χ0n) is 11.2. The Kier molecular flexibility index (Phi) is 3.81. The van der Waals surface area contributed by atoms with Crippen LogP contribution in [0.1, 0.15) is 46.0 Å². The molecule has 0 amide bonds. The van der Waals surface area contributed by atoms with Gasteiger partial charge in [-0.3, -0.25) is 0 Å². The average Bonchev–Trinajstić information content (AvgIpc) is 2.55. The molecule has 0 bridgehead atoms. The maximum Gasteiger partial charge on any atom is 0.0659 e. The number of hydrogen-bond acceptors (Lipinski definition) is 3. The quantitative estimate of drug-likeness (QED) is 0.794. The third kappa shape index (κ3) is 2.51. The standard InChI is InChI=1S/C14H27NO2/c1-13(2)5-6-14(10-15,12(13)16)9-11-3-7-17-8-4-11/h11-12,16H,3-10,15H2,1-2H3. The van der Waals surface area contributed by atoms with Crippen molar-refractivity contribution in [2.24, 2.45) is 22.5 Å². The molecule has 2 rings (SSSR count). The van der Waals surface area contributed by atoms with Crippen LogP contribution in [0.25, 0.3) is 0 Å². The molecule has 2 aliphatic rings. The lowest BCUT2D eigenvalue weighted by Gasteiger charge is -2.39. The minimum atomic E-state index is -0.247. The van der Waals surface area contributed by atoms with Gasteiger partial charge in [-0.1, -0.05) is 13.8 Å². The first-order valence-corrected chi connectivity index (χ1v) is 6.96. The van der Waals surface area contributed by atoms with E-state index >= 15 is 0 Å². The van der Waals surface area contributed by atoms with Crippen LogP contribution >= 0.6 is 0 Å². The van der Waals surface area contributed by atoms with Gasteiger partial charge < -0.3 is 15.6 Å². The van der Waals surface area contributed by atoms with Gasteiger partial charge in [0, 0.05) is 25.2 Å². The fraction of sp³-hybridized carbons (Fsp3) is 1.00. The summed E-state index contributed by atoms with van der Waals surface area (Å²) in [6.07, 6.45) is 5.27. The first-order chi connectivity index (χ1) is 8.00. The smallest absolute Gasteiger partial charge is 0.0659 e. The van der Waals surface area contributed by atoms with Gasteiger partial charge in [0.15, 0.2) is 0 Å². The molecule has 0 aromatic heterocycles. The molecule has 0 spiro atoms. The summed E-state index contributed by atoms with van der Waals surface area (Å²) in [4.78, 5) is 0. The van der Waals surface area contributed by atoms with Crippen LogP contribution in [0.2, 0.25) is 0 Å². The van der Waals surface area contributed by atoms with Gasteiger partial charge in [-0.2, -0.15) is 0 Å². The Balaban J connectivity index is 2.04. The van der Waals surface area contributed by atoms with Crippen molar-refractivity contribution in [3.8, 4) is 0 Å². The summed E-state index contributed by atoms with van der Waals surface area (Å²) in [7, 11) is 0. The largest absolute Gasteiger partial charge is 0.392 e. The molecule has 3 N–H and O–H groups in total. The third-order valence-electron chi connectivity index (χ3n) is 5.03. The van der Waals surface area contributed by atoms with Gasteiger partial charge in [0.2, 0.25) is 0 Å². The number of aliphatic hydroxyl groups is 1. The number of ether oxygens (including phenoxy) is 1. The lowest BCUT2D eigenvalue weighted by Crippen LogP contribution is -2.44. The molecule has 0 aromatic rings. The van der Waals surface area contributed by atoms with Gasteiger partial charge >= 0.3 is 0 Å². The van der Waals surface area contributed by atoms with E-state index in [1.165, 1.54) is 0 Å². The number of hydrogen-bond donors (Lipinski definition) is 2. The Morgan fingerprint density at radius 2 is 1.88 bits per heavy atom. The molecule has 3 heteroatoms. The van der Waals surface area contributed by atoms with Crippen LogP contribution in [0.5, 0.6) is 0 Å². The molecule has 3 nitrogen and oxygen atoms in total. The number of aliphatic hydroxyl groups excluding tert-OH is 1. The van der Waals surface area contributed by atoms with E-state index in [-0.39, 0.29) is 16.9 Å². The van der Waals surface area contributed by atoms with Crippen LogP contribution in [0.3, 0.4) is 0 Å². The Morgan fingerprint density at radius 1 is 1.24 bits per heavy atom. The molecule has 1 saturated heterocycles. The zero-order valence-corrected chi connectivity index (χ0v) is 11.2. The Labute approximate surface area is 105 Å². The lowest BCUT2D eigenvalue weighted by molar-refractivity contribution is -0.0295. The maximum atomic E-state index is 10.6. The van der Waals surface area contributed by atoms with Crippen LogP contribution in [0.15, 0.2) is 0 Å². The molecule has 2 atom stereocenters. The normalized spacial score (nSPS) is 38.5. The topological polar surface area (TPSA) is 55.5 Å². The summed E-state index contributed by atoms with van der Waals surface area (Å²) in [5, 5.41) is 10.6. The highest BCUT2D eigenvalue weighted by molar-refractivity contribution is 5.02. The van der Waals surface area contributed by atoms with Gasteiger partial charge in [0.05, 0.1) is 6.10 Å². The minimum Gasteiger partial charge on any atom is -0.392 e. The van der Waals surface area contributed by atoms with Crippen LogP contribution in [-0.4, -0.2) is 31.0 Å². The first kappa shape index (κ1) is 13.3. The van der Waals surface area contributed by atoms with E-state index in [9.17, 15) is 5.11 Å². The van der Waals surface area contributed by atoms with Crippen molar-refractivity contribution in [3.05, 3.63) is 0 Å². The summed E-state index contributed by atoms with van der Waals surface area (Å²) >= 11 is 0. The van der Waals surface area contributed by atoms with E-state index in [0.29, 0.717) is 12.5 Å². The molecule has 1 aliphatic heterocycles. The van der Waals surface area contributed by atoms with Crippen LogP contribution < -0.4 is 5.73 Å². The first-order valence-electron chi connectivity index (χ1n) is 6.96. The summed E-state index contributed by atoms with van der Waals surface area (Å²) in [6, 6.07) is 0. The molecule has 100 valence electrons. The molecular formula is C14H27NO2. The Bertz CT molecular complexity index is 261. The Morgan fingerprint density at radius 3 is 2.35 bits per heavy atom. The molecule has 1 aliphatic carbocycles. The van der Waals surface area contributed by atoms with Crippen molar-refractivity contribution in [1.82, 2.24) is 0 Å². The number of nitrogens with two attached hydrogens (primary N) is 1.